The van der Waals surface area contributed by atoms with Crippen molar-refractivity contribution in [2.75, 3.05) is 0 Å². The molecular weight excluding hydrogens is 427 g/mol. The molecule has 8 heteroatoms. The number of aromatic nitrogens is 3. The molecule has 2 aromatic carbocycles. The first-order valence-electron chi connectivity index (χ1n) is 10.1. The molecule has 0 saturated heterocycles. The smallest absolute Gasteiger partial charge is 0.353 e. The van der Waals surface area contributed by atoms with Crippen molar-refractivity contribution in [3.8, 4) is 22.7 Å². The second-order valence-electron chi connectivity index (χ2n) is 7.81. The zero-order valence-corrected chi connectivity index (χ0v) is 17.4. The van der Waals surface area contributed by atoms with Gasteiger partial charge in [0.2, 0.25) is 5.76 Å². The van der Waals surface area contributed by atoms with E-state index in [-0.39, 0.29) is 18.0 Å². The van der Waals surface area contributed by atoms with Crippen molar-refractivity contribution in [1.29, 1.82) is 0 Å². The van der Waals surface area contributed by atoms with Crippen LogP contribution in [0.25, 0.3) is 33.7 Å². The SMILES string of the molecule is Cl.FC(F)(F)c1ccccc1-c1ccc2nc(-c3cc(C4CCCCC4)no3)[nH]c2c1. The quantitative estimate of drug-likeness (QED) is 0.356. The Morgan fingerprint density at radius 2 is 1.74 bits per heavy atom. The number of halogens is 4. The maximum atomic E-state index is 13.4. The molecule has 162 valence electrons. The Bertz CT molecular complexity index is 1190. The van der Waals surface area contributed by atoms with Gasteiger partial charge in [0.15, 0.2) is 5.82 Å². The molecule has 1 saturated carbocycles. The molecule has 2 heterocycles. The predicted molar refractivity (Wildman–Crippen MR) is 115 cm³/mol. The number of imidazole rings is 1. The highest BCUT2D eigenvalue weighted by Gasteiger charge is 2.33. The monoisotopic (exact) mass is 447 g/mol. The molecule has 1 fully saturated rings. The largest absolute Gasteiger partial charge is 0.417 e. The molecule has 1 aliphatic carbocycles. The van der Waals surface area contributed by atoms with Crippen LogP contribution in [-0.2, 0) is 6.18 Å². The summed E-state index contributed by atoms with van der Waals surface area (Å²) < 4.78 is 45.7. The van der Waals surface area contributed by atoms with E-state index < -0.39 is 11.7 Å². The van der Waals surface area contributed by atoms with Crippen molar-refractivity contribution in [3.63, 3.8) is 0 Å². The van der Waals surface area contributed by atoms with E-state index in [0.29, 0.717) is 34.1 Å². The third-order valence-electron chi connectivity index (χ3n) is 5.81. The molecule has 4 nitrogen and oxygen atoms in total. The lowest BCUT2D eigenvalue weighted by atomic mass is 9.87. The van der Waals surface area contributed by atoms with Gasteiger partial charge in [-0.1, -0.05) is 48.7 Å². The lowest BCUT2D eigenvalue weighted by Crippen LogP contribution is -2.06. The Kier molecular flexibility index (Phi) is 5.79. The minimum absolute atomic E-state index is 0. The summed E-state index contributed by atoms with van der Waals surface area (Å²) in [6.07, 6.45) is 1.51. The summed E-state index contributed by atoms with van der Waals surface area (Å²) in [4.78, 5) is 7.71. The van der Waals surface area contributed by atoms with Crippen molar-refractivity contribution < 1.29 is 17.7 Å². The number of nitrogens with zero attached hydrogens (tertiary/aromatic N) is 2. The van der Waals surface area contributed by atoms with Crippen LogP contribution in [0.1, 0.15) is 49.3 Å². The predicted octanol–water partition coefficient (Wildman–Crippen LogP) is 7.37. The molecule has 31 heavy (non-hydrogen) atoms. The van der Waals surface area contributed by atoms with E-state index in [1.165, 1.54) is 31.4 Å². The fraction of sp³-hybridized carbons (Fsp3) is 0.304. The van der Waals surface area contributed by atoms with Crippen molar-refractivity contribution in [2.24, 2.45) is 0 Å². The van der Waals surface area contributed by atoms with Crippen LogP contribution < -0.4 is 0 Å². The molecule has 0 amide bonds. The van der Waals surface area contributed by atoms with Crippen LogP contribution in [0.15, 0.2) is 53.1 Å². The Morgan fingerprint density at radius 3 is 2.52 bits per heavy atom. The first-order chi connectivity index (χ1) is 14.5. The van der Waals surface area contributed by atoms with Gasteiger partial charge in [-0.2, -0.15) is 13.2 Å². The minimum atomic E-state index is -4.42. The van der Waals surface area contributed by atoms with E-state index >= 15 is 0 Å². The molecule has 0 radical (unpaired) electrons. The van der Waals surface area contributed by atoms with Gasteiger partial charge in [0.25, 0.3) is 0 Å². The lowest BCUT2D eigenvalue weighted by Gasteiger charge is -2.18. The summed E-state index contributed by atoms with van der Waals surface area (Å²) in [6.45, 7) is 0. The zero-order chi connectivity index (χ0) is 20.7. The van der Waals surface area contributed by atoms with E-state index in [0.717, 1.165) is 24.6 Å². The van der Waals surface area contributed by atoms with Gasteiger partial charge in [-0.05, 0) is 42.2 Å². The van der Waals surface area contributed by atoms with Crippen molar-refractivity contribution >= 4 is 23.4 Å². The highest BCUT2D eigenvalue weighted by molar-refractivity contribution is 5.85. The topological polar surface area (TPSA) is 54.7 Å². The summed E-state index contributed by atoms with van der Waals surface area (Å²) in [5.74, 6) is 1.50. The summed E-state index contributed by atoms with van der Waals surface area (Å²) >= 11 is 0. The lowest BCUT2D eigenvalue weighted by molar-refractivity contribution is -0.137. The molecule has 0 unspecified atom stereocenters. The van der Waals surface area contributed by atoms with Crippen LogP contribution in [0, 0.1) is 0 Å². The molecule has 4 aromatic rings. The second-order valence-corrected chi connectivity index (χ2v) is 7.81. The van der Waals surface area contributed by atoms with Crippen LogP contribution in [0.5, 0.6) is 0 Å². The molecule has 0 bridgehead atoms. The number of nitrogens with one attached hydrogen (secondary N) is 1. The number of alkyl halides is 3. The second kappa shape index (κ2) is 8.38. The fourth-order valence-corrected chi connectivity index (χ4v) is 4.27. The number of H-pyrrole nitrogens is 1. The maximum absolute atomic E-state index is 13.4. The molecule has 0 spiro atoms. The number of benzene rings is 2. The molecule has 2 aromatic heterocycles. The van der Waals surface area contributed by atoms with Gasteiger partial charge >= 0.3 is 6.18 Å². The van der Waals surface area contributed by atoms with Crippen molar-refractivity contribution in [2.45, 2.75) is 44.2 Å². The minimum Gasteiger partial charge on any atom is -0.353 e. The Balaban J connectivity index is 0.00000231. The van der Waals surface area contributed by atoms with Crippen LogP contribution in [0.2, 0.25) is 0 Å². The molecule has 0 atom stereocenters. The van der Waals surface area contributed by atoms with Gasteiger partial charge in [0, 0.05) is 12.0 Å². The van der Waals surface area contributed by atoms with E-state index in [2.05, 4.69) is 15.1 Å². The number of aromatic amines is 1. The third-order valence-corrected chi connectivity index (χ3v) is 5.81. The molecular formula is C23H21ClF3N3O. The average molecular weight is 448 g/mol. The summed E-state index contributed by atoms with van der Waals surface area (Å²) in [7, 11) is 0. The van der Waals surface area contributed by atoms with Gasteiger partial charge in [0.1, 0.15) is 0 Å². The normalized spacial score (nSPS) is 15.2. The summed E-state index contributed by atoms with van der Waals surface area (Å²) in [6, 6.07) is 12.6. The van der Waals surface area contributed by atoms with E-state index in [1.807, 2.05) is 6.07 Å². The van der Waals surface area contributed by atoms with Gasteiger partial charge in [0.05, 0.1) is 22.3 Å². The molecule has 5 rings (SSSR count). The van der Waals surface area contributed by atoms with Crippen LogP contribution >= 0.6 is 12.4 Å². The first kappa shape index (κ1) is 21.4. The molecule has 0 aliphatic heterocycles. The van der Waals surface area contributed by atoms with Crippen LogP contribution in [0.4, 0.5) is 13.2 Å². The molecule has 1 aliphatic rings. The Morgan fingerprint density at radius 1 is 0.968 bits per heavy atom. The summed E-state index contributed by atoms with van der Waals surface area (Å²) in [5.41, 5.74) is 2.22. The fourth-order valence-electron chi connectivity index (χ4n) is 4.27. The van der Waals surface area contributed by atoms with E-state index in [4.69, 9.17) is 4.52 Å². The summed E-state index contributed by atoms with van der Waals surface area (Å²) in [5, 5.41) is 4.23. The number of hydrogen-bond donors (Lipinski definition) is 1. The standard InChI is InChI=1S/C23H20F3N3O.ClH/c24-23(25,26)17-9-5-4-8-16(17)15-10-11-18-20(12-15)28-22(27-18)21-13-19(29-30-21)14-6-2-1-3-7-14;/h4-5,8-14H,1-3,6-7H2,(H,27,28);1H. The zero-order valence-electron chi connectivity index (χ0n) is 16.6. The van der Waals surface area contributed by atoms with Crippen LogP contribution in [-0.4, -0.2) is 15.1 Å². The first-order valence-corrected chi connectivity index (χ1v) is 10.1. The van der Waals surface area contributed by atoms with Gasteiger partial charge in [-0.3, -0.25) is 0 Å². The number of hydrogen-bond acceptors (Lipinski definition) is 3. The van der Waals surface area contributed by atoms with Crippen molar-refractivity contribution in [1.82, 2.24) is 15.1 Å². The molecule has 1 N–H and O–H groups in total. The maximum Gasteiger partial charge on any atom is 0.417 e. The third kappa shape index (κ3) is 4.19. The number of rotatable bonds is 3. The highest BCUT2D eigenvalue weighted by Crippen LogP contribution is 2.38. The van der Waals surface area contributed by atoms with Gasteiger partial charge < -0.3 is 9.51 Å². The van der Waals surface area contributed by atoms with Gasteiger partial charge in [-0.25, -0.2) is 4.98 Å². The highest BCUT2D eigenvalue weighted by atomic mass is 35.5. The average Bonchev–Trinajstić information content (AvgIpc) is 3.40. The van der Waals surface area contributed by atoms with Crippen molar-refractivity contribution in [3.05, 3.63) is 59.8 Å². The Hall–Kier alpha value is -2.80. The number of fused-ring (bicyclic) bond motifs is 1. The van der Waals surface area contributed by atoms with Crippen LogP contribution in [0.3, 0.4) is 0 Å². The van der Waals surface area contributed by atoms with E-state index in [1.54, 1.807) is 24.3 Å². The van der Waals surface area contributed by atoms with Gasteiger partial charge in [-0.15, -0.1) is 12.4 Å². The Labute approximate surface area is 183 Å². The van der Waals surface area contributed by atoms with E-state index in [9.17, 15) is 13.2 Å².